The quantitative estimate of drug-likeness (QED) is 0.801. The van der Waals surface area contributed by atoms with Gasteiger partial charge in [-0.2, -0.15) is 0 Å². The number of fused-ring (bicyclic) bond motifs is 1. The molecule has 0 radical (unpaired) electrons. The molecule has 0 spiro atoms. The van der Waals surface area contributed by atoms with Gasteiger partial charge in [-0.3, -0.25) is 0 Å². The van der Waals surface area contributed by atoms with Crippen LogP contribution in [-0.2, 0) is 13.5 Å². The van der Waals surface area contributed by atoms with E-state index in [-0.39, 0.29) is 11.9 Å². The molecule has 1 unspecified atom stereocenters. The Morgan fingerprint density at radius 3 is 2.71 bits per heavy atom. The van der Waals surface area contributed by atoms with Gasteiger partial charge in [-0.25, -0.2) is 9.37 Å². The highest BCUT2D eigenvalue weighted by molar-refractivity contribution is 5.75. The molecular formula is C17H18FN3. The number of nitrogens with two attached hydrogens (primary N) is 1. The van der Waals surface area contributed by atoms with Gasteiger partial charge in [-0.1, -0.05) is 18.2 Å². The van der Waals surface area contributed by atoms with E-state index in [0.29, 0.717) is 6.42 Å². The Bertz CT molecular complexity index is 790. The van der Waals surface area contributed by atoms with Gasteiger partial charge in [-0.15, -0.1) is 0 Å². The maximum absolute atomic E-state index is 13.6. The van der Waals surface area contributed by atoms with Crippen LogP contribution in [0.4, 0.5) is 4.39 Å². The summed E-state index contributed by atoms with van der Waals surface area (Å²) in [5, 5.41) is 0. The fourth-order valence-electron chi connectivity index (χ4n) is 2.70. The third kappa shape index (κ3) is 2.54. The lowest BCUT2D eigenvalue weighted by Gasteiger charge is -2.13. The smallest absolute Gasteiger partial charge is 0.123 e. The Balaban J connectivity index is 2.06. The van der Waals surface area contributed by atoms with Gasteiger partial charge in [0.25, 0.3) is 0 Å². The molecule has 3 rings (SSSR count). The molecule has 0 saturated carbocycles. The molecule has 108 valence electrons. The molecule has 1 atom stereocenters. The van der Waals surface area contributed by atoms with Crippen molar-refractivity contribution in [3.05, 3.63) is 65.2 Å². The van der Waals surface area contributed by atoms with Crippen LogP contribution in [0.15, 0.2) is 42.5 Å². The zero-order valence-corrected chi connectivity index (χ0v) is 12.2. The summed E-state index contributed by atoms with van der Waals surface area (Å²) in [4.78, 5) is 4.64. The first kappa shape index (κ1) is 13.8. The van der Waals surface area contributed by atoms with E-state index in [1.54, 1.807) is 12.1 Å². The van der Waals surface area contributed by atoms with Gasteiger partial charge in [0, 0.05) is 19.5 Å². The maximum atomic E-state index is 13.6. The number of para-hydroxylation sites is 2. The highest BCUT2D eigenvalue weighted by Crippen LogP contribution is 2.22. The van der Waals surface area contributed by atoms with Crippen molar-refractivity contribution in [3.8, 4) is 0 Å². The van der Waals surface area contributed by atoms with Crippen LogP contribution in [0.3, 0.4) is 0 Å². The number of hydrogen-bond donors (Lipinski definition) is 1. The third-order valence-electron chi connectivity index (χ3n) is 3.82. The summed E-state index contributed by atoms with van der Waals surface area (Å²) in [6, 6.07) is 12.6. The van der Waals surface area contributed by atoms with Crippen molar-refractivity contribution < 1.29 is 4.39 Å². The molecule has 2 N–H and O–H groups in total. The van der Waals surface area contributed by atoms with Crippen LogP contribution >= 0.6 is 0 Å². The second-order valence-corrected chi connectivity index (χ2v) is 5.38. The van der Waals surface area contributed by atoms with Crippen LogP contribution < -0.4 is 5.73 Å². The van der Waals surface area contributed by atoms with Crippen molar-refractivity contribution in [1.29, 1.82) is 0 Å². The van der Waals surface area contributed by atoms with Gasteiger partial charge in [0.15, 0.2) is 0 Å². The maximum Gasteiger partial charge on any atom is 0.123 e. The molecule has 4 heteroatoms. The topological polar surface area (TPSA) is 43.8 Å². The van der Waals surface area contributed by atoms with Crippen molar-refractivity contribution in [3.63, 3.8) is 0 Å². The number of hydrogen-bond acceptors (Lipinski definition) is 2. The number of halogens is 1. The van der Waals surface area contributed by atoms with E-state index in [9.17, 15) is 4.39 Å². The van der Waals surface area contributed by atoms with Gasteiger partial charge >= 0.3 is 0 Å². The first-order chi connectivity index (χ1) is 10.1. The standard InChI is InChI=1S/C17H18FN3/c1-11(19)14-8-7-13(18)9-12(14)10-17-20-15-5-3-4-6-16(15)21(17)2/h3-9,11H,10,19H2,1-2H3. The summed E-state index contributed by atoms with van der Waals surface area (Å²) in [5.41, 5.74) is 9.86. The molecule has 0 aliphatic carbocycles. The zero-order valence-electron chi connectivity index (χ0n) is 12.2. The summed E-state index contributed by atoms with van der Waals surface area (Å²) in [6.45, 7) is 1.91. The van der Waals surface area contributed by atoms with Crippen molar-refractivity contribution >= 4 is 11.0 Å². The number of aryl methyl sites for hydroxylation is 1. The van der Waals surface area contributed by atoms with Crippen molar-refractivity contribution in [2.24, 2.45) is 12.8 Å². The Kier molecular flexibility index (Phi) is 3.47. The Labute approximate surface area is 123 Å². The molecule has 2 aromatic carbocycles. The number of rotatable bonds is 3. The molecule has 3 aromatic rings. The van der Waals surface area contributed by atoms with E-state index >= 15 is 0 Å². The lowest BCUT2D eigenvalue weighted by atomic mass is 9.99. The number of imidazole rings is 1. The highest BCUT2D eigenvalue weighted by atomic mass is 19.1. The Morgan fingerprint density at radius 1 is 1.24 bits per heavy atom. The van der Waals surface area contributed by atoms with Gasteiger partial charge in [0.05, 0.1) is 11.0 Å². The first-order valence-corrected chi connectivity index (χ1v) is 7.00. The van der Waals surface area contributed by atoms with Crippen LogP contribution in [-0.4, -0.2) is 9.55 Å². The van der Waals surface area contributed by atoms with Gasteiger partial charge in [-0.05, 0) is 42.3 Å². The molecule has 0 aliphatic heterocycles. The minimum absolute atomic E-state index is 0.129. The van der Waals surface area contributed by atoms with Crippen molar-refractivity contribution in [2.45, 2.75) is 19.4 Å². The van der Waals surface area contributed by atoms with Crippen LogP contribution in [0, 0.1) is 5.82 Å². The van der Waals surface area contributed by atoms with Crippen LogP contribution in [0.25, 0.3) is 11.0 Å². The summed E-state index contributed by atoms with van der Waals surface area (Å²) >= 11 is 0. The average molecular weight is 283 g/mol. The predicted molar refractivity (Wildman–Crippen MR) is 82.5 cm³/mol. The van der Waals surface area contributed by atoms with Crippen LogP contribution in [0.5, 0.6) is 0 Å². The predicted octanol–water partition coefficient (Wildman–Crippen LogP) is 3.32. The fraction of sp³-hybridized carbons (Fsp3) is 0.235. The second kappa shape index (κ2) is 5.30. The van der Waals surface area contributed by atoms with E-state index in [0.717, 1.165) is 28.0 Å². The van der Waals surface area contributed by atoms with Crippen molar-refractivity contribution in [1.82, 2.24) is 9.55 Å². The SMILES string of the molecule is CC(N)c1ccc(F)cc1Cc1nc2ccccc2n1C. The molecule has 1 aromatic heterocycles. The normalized spacial score (nSPS) is 12.8. The minimum Gasteiger partial charge on any atom is -0.331 e. The van der Waals surface area contributed by atoms with E-state index in [1.165, 1.54) is 6.07 Å². The minimum atomic E-state index is -0.242. The van der Waals surface area contributed by atoms with E-state index in [2.05, 4.69) is 4.98 Å². The van der Waals surface area contributed by atoms with E-state index in [4.69, 9.17) is 5.73 Å². The number of nitrogens with zero attached hydrogens (tertiary/aromatic N) is 2. The lowest BCUT2D eigenvalue weighted by molar-refractivity contribution is 0.622. The summed E-state index contributed by atoms with van der Waals surface area (Å²) in [5.74, 6) is 0.664. The molecule has 0 bridgehead atoms. The highest BCUT2D eigenvalue weighted by Gasteiger charge is 2.13. The van der Waals surface area contributed by atoms with Crippen LogP contribution in [0.2, 0.25) is 0 Å². The number of aromatic nitrogens is 2. The molecule has 0 amide bonds. The van der Waals surface area contributed by atoms with Crippen LogP contribution in [0.1, 0.15) is 29.9 Å². The molecule has 0 fully saturated rings. The van der Waals surface area contributed by atoms with Crippen molar-refractivity contribution in [2.75, 3.05) is 0 Å². The monoisotopic (exact) mass is 283 g/mol. The third-order valence-corrected chi connectivity index (χ3v) is 3.82. The molecule has 0 aliphatic rings. The molecule has 0 saturated heterocycles. The number of benzene rings is 2. The first-order valence-electron chi connectivity index (χ1n) is 7.00. The zero-order chi connectivity index (χ0) is 15.0. The second-order valence-electron chi connectivity index (χ2n) is 5.38. The van der Waals surface area contributed by atoms with Gasteiger partial charge < -0.3 is 10.3 Å². The summed E-state index contributed by atoms with van der Waals surface area (Å²) in [7, 11) is 1.98. The lowest BCUT2D eigenvalue weighted by Crippen LogP contribution is -2.10. The summed E-state index contributed by atoms with van der Waals surface area (Å²) < 4.78 is 15.6. The van der Waals surface area contributed by atoms with Gasteiger partial charge in [0.2, 0.25) is 0 Å². The fourth-order valence-corrected chi connectivity index (χ4v) is 2.70. The Morgan fingerprint density at radius 2 is 2.00 bits per heavy atom. The summed E-state index contributed by atoms with van der Waals surface area (Å²) in [6.07, 6.45) is 0.569. The Hall–Kier alpha value is -2.20. The average Bonchev–Trinajstić information content (AvgIpc) is 2.76. The molecular weight excluding hydrogens is 265 g/mol. The molecule has 1 heterocycles. The van der Waals surface area contributed by atoms with E-state index in [1.807, 2.05) is 42.8 Å². The largest absolute Gasteiger partial charge is 0.331 e. The molecule has 3 nitrogen and oxygen atoms in total. The van der Waals surface area contributed by atoms with Gasteiger partial charge in [0.1, 0.15) is 11.6 Å². The molecule has 21 heavy (non-hydrogen) atoms. The van der Waals surface area contributed by atoms with E-state index < -0.39 is 0 Å².